The molecule has 4 nitrogen and oxygen atoms in total. The molecule has 0 radical (unpaired) electrons. The first-order valence-corrected chi connectivity index (χ1v) is 9.45. The van der Waals surface area contributed by atoms with E-state index in [4.69, 9.17) is 0 Å². The molecule has 0 heterocycles. The van der Waals surface area contributed by atoms with Gasteiger partial charge >= 0.3 is 5.51 Å². The molecule has 0 aliphatic carbocycles. The molecule has 0 fully saturated rings. The van der Waals surface area contributed by atoms with Crippen LogP contribution in [-0.4, -0.2) is 23.9 Å². The van der Waals surface area contributed by atoms with Gasteiger partial charge in [-0.1, -0.05) is 34.1 Å². The van der Waals surface area contributed by atoms with Crippen molar-refractivity contribution < 1.29 is 22.8 Å². The lowest BCUT2D eigenvalue weighted by Crippen LogP contribution is -2.28. The number of aryl methyl sites for hydroxylation is 1. The van der Waals surface area contributed by atoms with Crippen molar-refractivity contribution in [2.24, 2.45) is 0 Å². The summed E-state index contributed by atoms with van der Waals surface area (Å²) in [4.78, 5) is 24.0. The number of benzene rings is 2. The molecule has 0 unspecified atom stereocenters. The molecule has 0 aliphatic heterocycles. The van der Waals surface area contributed by atoms with Crippen LogP contribution in [0.5, 0.6) is 0 Å². The van der Waals surface area contributed by atoms with Crippen molar-refractivity contribution in [2.45, 2.75) is 23.7 Å². The highest BCUT2D eigenvalue weighted by Crippen LogP contribution is 2.38. The molecular formula is C18H16BrF3N2O2S. The number of nitrogens with one attached hydrogen (secondary N) is 2. The highest BCUT2D eigenvalue weighted by atomic mass is 79.9. The number of thioether (sulfide) groups is 1. The molecule has 2 aromatic carbocycles. The molecule has 0 bridgehead atoms. The van der Waals surface area contributed by atoms with Gasteiger partial charge in [-0.3, -0.25) is 9.59 Å². The van der Waals surface area contributed by atoms with E-state index in [0.717, 1.165) is 10.0 Å². The predicted molar refractivity (Wildman–Crippen MR) is 103 cm³/mol. The SMILES string of the molecule is Cc1ccc(Br)cc1NC(=O)CCNC(=O)c1ccccc1SC(F)(F)F. The van der Waals surface area contributed by atoms with Crippen LogP contribution < -0.4 is 10.6 Å². The van der Waals surface area contributed by atoms with Crippen LogP contribution >= 0.6 is 27.7 Å². The van der Waals surface area contributed by atoms with Crippen molar-refractivity contribution in [1.29, 1.82) is 0 Å². The molecule has 0 spiro atoms. The Bertz CT molecular complexity index is 844. The second kappa shape index (κ2) is 9.27. The van der Waals surface area contributed by atoms with E-state index in [9.17, 15) is 22.8 Å². The number of amides is 2. The molecule has 2 amide bonds. The minimum Gasteiger partial charge on any atom is -0.351 e. The second-order valence-corrected chi connectivity index (χ2v) is 7.58. The van der Waals surface area contributed by atoms with E-state index in [-0.39, 0.29) is 41.1 Å². The van der Waals surface area contributed by atoms with Crippen LogP contribution in [0.15, 0.2) is 51.8 Å². The highest BCUT2D eigenvalue weighted by molar-refractivity contribution is 9.10. The van der Waals surface area contributed by atoms with Crippen LogP contribution in [-0.2, 0) is 4.79 Å². The van der Waals surface area contributed by atoms with Gasteiger partial charge in [0.05, 0.1) is 5.56 Å². The van der Waals surface area contributed by atoms with Gasteiger partial charge in [-0.25, -0.2) is 0 Å². The Labute approximate surface area is 167 Å². The van der Waals surface area contributed by atoms with Crippen molar-refractivity contribution in [3.8, 4) is 0 Å². The number of rotatable bonds is 6. The number of carbonyl (C=O) groups excluding carboxylic acids is 2. The second-order valence-electron chi connectivity index (χ2n) is 5.56. The van der Waals surface area contributed by atoms with Gasteiger partial charge in [0, 0.05) is 28.0 Å². The molecule has 0 aromatic heterocycles. The van der Waals surface area contributed by atoms with E-state index in [1.54, 1.807) is 6.07 Å². The zero-order chi connectivity index (χ0) is 20.0. The quantitative estimate of drug-likeness (QED) is 0.587. The normalized spacial score (nSPS) is 11.1. The summed E-state index contributed by atoms with van der Waals surface area (Å²) >= 11 is 2.98. The summed E-state index contributed by atoms with van der Waals surface area (Å²) in [5, 5.41) is 5.21. The smallest absolute Gasteiger partial charge is 0.351 e. The third kappa shape index (κ3) is 6.91. The topological polar surface area (TPSA) is 58.2 Å². The fourth-order valence-corrected chi connectivity index (χ4v) is 3.22. The minimum atomic E-state index is -4.49. The minimum absolute atomic E-state index is 0.00271. The first-order valence-electron chi connectivity index (χ1n) is 7.84. The van der Waals surface area contributed by atoms with E-state index in [1.807, 2.05) is 19.1 Å². The van der Waals surface area contributed by atoms with Gasteiger partial charge in [0.1, 0.15) is 0 Å². The molecule has 9 heteroatoms. The molecule has 0 atom stereocenters. The summed E-state index contributed by atoms with van der Waals surface area (Å²) < 4.78 is 38.6. The average molecular weight is 461 g/mol. The number of hydrogen-bond donors (Lipinski definition) is 2. The van der Waals surface area contributed by atoms with Crippen LogP contribution in [0.1, 0.15) is 22.3 Å². The monoisotopic (exact) mass is 460 g/mol. The number of carbonyl (C=O) groups is 2. The van der Waals surface area contributed by atoms with Gasteiger partial charge in [-0.05, 0) is 48.5 Å². The van der Waals surface area contributed by atoms with Gasteiger partial charge in [0.2, 0.25) is 5.91 Å². The largest absolute Gasteiger partial charge is 0.446 e. The first kappa shape index (κ1) is 21.3. The zero-order valence-electron chi connectivity index (χ0n) is 14.2. The standard InChI is InChI=1S/C18H16BrF3N2O2S/c1-11-6-7-12(19)10-14(11)24-16(25)8-9-23-17(26)13-4-2-3-5-15(13)27-18(20,21)22/h2-7,10H,8-9H2,1H3,(H,23,26)(H,24,25). The van der Waals surface area contributed by atoms with E-state index >= 15 is 0 Å². The van der Waals surface area contributed by atoms with Crippen molar-refractivity contribution in [3.05, 3.63) is 58.1 Å². The Hall–Kier alpha value is -2.00. The number of anilines is 1. The van der Waals surface area contributed by atoms with Crippen molar-refractivity contribution in [1.82, 2.24) is 5.32 Å². The molecule has 0 saturated heterocycles. The van der Waals surface area contributed by atoms with Crippen LogP contribution in [0.2, 0.25) is 0 Å². The van der Waals surface area contributed by atoms with Crippen LogP contribution in [0, 0.1) is 6.92 Å². The summed E-state index contributed by atoms with van der Waals surface area (Å²) in [7, 11) is 0. The Morgan fingerprint density at radius 3 is 2.56 bits per heavy atom. The third-order valence-corrected chi connectivity index (χ3v) is 4.77. The Morgan fingerprint density at radius 2 is 1.85 bits per heavy atom. The van der Waals surface area contributed by atoms with Gasteiger partial charge < -0.3 is 10.6 Å². The van der Waals surface area contributed by atoms with E-state index in [0.29, 0.717) is 5.69 Å². The number of alkyl halides is 3. The maximum atomic E-state index is 12.6. The molecule has 2 N–H and O–H groups in total. The molecule has 2 rings (SSSR count). The summed E-state index contributed by atoms with van der Waals surface area (Å²) in [5.74, 6) is -0.969. The predicted octanol–water partition coefficient (Wildman–Crippen LogP) is 5.13. The Balaban J connectivity index is 1.91. The third-order valence-electron chi connectivity index (χ3n) is 3.47. The van der Waals surface area contributed by atoms with Gasteiger partial charge in [0.25, 0.3) is 5.91 Å². The lowest BCUT2D eigenvalue weighted by molar-refractivity contribution is -0.116. The first-order chi connectivity index (χ1) is 12.7. The van der Waals surface area contributed by atoms with E-state index in [1.165, 1.54) is 24.3 Å². The van der Waals surface area contributed by atoms with Gasteiger partial charge in [-0.15, -0.1) is 0 Å². The van der Waals surface area contributed by atoms with Crippen molar-refractivity contribution in [3.63, 3.8) is 0 Å². The number of hydrogen-bond acceptors (Lipinski definition) is 3. The summed E-state index contributed by atoms with van der Waals surface area (Å²) in [6.07, 6.45) is -0.00766. The lowest BCUT2D eigenvalue weighted by atomic mass is 10.2. The van der Waals surface area contributed by atoms with Crippen molar-refractivity contribution in [2.75, 3.05) is 11.9 Å². The Morgan fingerprint density at radius 1 is 1.15 bits per heavy atom. The highest BCUT2D eigenvalue weighted by Gasteiger charge is 2.31. The summed E-state index contributed by atoms with van der Waals surface area (Å²) in [6.45, 7) is 1.85. The van der Waals surface area contributed by atoms with Gasteiger partial charge in [0.15, 0.2) is 0 Å². The van der Waals surface area contributed by atoms with Crippen LogP contribution in [0.25, 0.3) is 0 Å². The van der Waals surface area contributed by atoms with Gasteiger partial charge in [-0.2, -0.15) is 13.2 Å². The molecular weight excluding hydrogens is 445 g/mol. The maximum absolute atomic E-state index is 12.6. The van der Waals surface area contributed by atoms with E-state index < -0.39 is 11.4 Å². The van der Waals surface area contributed by atoms with Crippen LogP contribution in [0.4, 0.5) is 18.9 Å². The molecule has 27 heavy (non-hydrogen) atoms. The Kier molecular flexibility index (Phi) is 7.32. The molecule has 144 valence electrons. The lowest BCUT2D eigenvalue weighted by Gasteiger charge is -2.12. The average Bonchev–Trinajstić information content (AvgIpc) is 2.57. The number of halogens is 4. The zero-order valence-corrected chi connectivity index (χ0v) is 16.6. The maximum Gasteiger partial charge on any atom is 0.446 e. The molecule has 0 aliphatic rings. The van der Waals surface area contributed by atoms with Crippen molar-refractivity contribution >= 4 is 45.2 Å². The fraction of sp³-hybridized carbons (Fsp3) is 0.222. The molecule has 2 aromatic rings. The van der Waals surface area contributed by atoms with E-state index in [2.05, 4.69) is 26.6 Å². The molecule has 0 saturated carbocycles. The summed E-state index contributed by atoms with van der Waals surface area (Å²) in [5.41, 5.74) is -3.04. The van der Waals surface area contributed by atoms with Crippen LogP contribution in [0.3, 0.4) is 0 Å². The summed E-state index contributed by atoms with van der Waals surface area (Å²) in [6, 6.07) is 10.9. The fourth-order valence-electron chi connectivity index (χ4n) is 2.19.